The zero-order chi connectivity index (χ0) is 23.3. The predicted octanol–water partition coefficient (Wildman–Crippen LogP) is 7.89. The molecule has 9 heteroatoms. The molecule has 0 bridgehead atoms. The van der Waals surface area contributed by atoms with E-state index in [4.69, 9.17) is 28.0 Å². The highest BCUT2D eigenvalue weighted by atomic mass is 35.5. The molecule has 3 aromatic carbocycles. The summed E-state index contributed by atoms with van der Waals surface area (Å²) < 4.78 is 38.0. The number of carbonyl (C=O) groups excluding carboxylic acids is 1. The predicted molar refractivity (Wildman–Crippen MR) is 122 cm³/mol. The molecule has 0 atom stereocenters. The van der Waals surface area contributed by atoms with E-state index in [0.29, 0.717) is 26.2 Å². The van der Waals surface area contributed by atoms with Crippen LogP contribution >= 0.6 is 35.0 Å². The first-order valence-corrected chi connectivity index (χ1v) is 10.8. The molecular formula is C23H16Cl2F3NO2S. The molecule has 3 nitrogen and oxygen atoms in total. The first-order valence-electron chi connectivity index (χ1n) is 9.24. The summed E-state index contributed by atoms with van der Waals surface area (Å²) in [4.78, 5) is 18.3. The van der Waals surface area contributed by atoms with E-state index in [0.717, 1.165) is 35.0 Å². The topological polar surface area (TPSA) is 38.7 Å². The van der Waals surface area contributed by atoms with Crippen molar-refractivity contribution in [3.8, 4) is 0 Å². The van der Waals surface area contributed by atoms with Crippen LogP contribution in [0.3, 0.4) is 0 Å². The van der Waals surface area contributed by atoms with Gasteiger partial charge in [-0.1, -0.05) is 52.6 Å². The maximum atomic E-state index is 12.7. The molecule has 0 aromatic heterocycles. The fourth-order valence-corrected chi connectivity index (χ4v) is 3.67. The van der Waals surface area contributed by atoms with E-state index < -0.39 is 11.7 Å². The van der Waals surface area contributed by atoms with Crippen LogP contribution in [0.5, 0.6) is 0 Å². The average molecular weight is 498 g/mol. The Kier molecular flexibility index (Phi) is 7.87. The molecule has 0 spiro atoms. The molecule has 166 valence electrons. The molecule has 0 unspecified atom stereocenters. The SMILES string of the molecule is CC(=NOCc1cccc(C(=O)Sc2ccc(C(F)(F)F)cc2)c1)c1ccc(Cl)c(Cl)c1. The molecule has 3 aromatic rings. The van der Waals surface area contributed by atoms with Crippen LogP contribution in [0, 0.1) is 0 Å². The molecular weight excluding hydrogens is 482 g/mol. The third-order valence-electron chi connectivity index (χ3n) is 4.32. The van der Waals surface area contributed by atoms with Crippen molar-refractivity contribution in [3.63, 3.8) is 0 Å². The highest BCUT2D eigenvalue weighted by Crippen LogP contribution is 2.31. The van der Waals surface area contributed by atoms with Crippen molar-refractivity contribution in [2.75, 3.05) is 0 Å². The number of thioether (sulfide) groups is 1. The summed E-state index contributed by atoms with van der Waals surface area (Å²) in [5, 5.41) is 4.63. The Bertz CT molecular complexity index is 1150. The summed E-state index contributed by atoms with van der Waals surface area (Å²) in [6.45, 7) is 1.89. The van der Waals surface area contributed by atoms with Gasteiger partial charge in [-0.15, -0.1) is 0 Å². The second kappa shape index (κ2) is 10.4. The number of hydrogen-bond donors (Lipinski definition) is 0. The number of alkyl halides is 3. The number of oxime groups is 1. The van der Waals surface area contributed by atoms with Crippen molar-refractivity contribution in [1.29, 1.82) is 0 Å². The zero-order valence-electron chi connectivity index (χ0n) is 16.6. The Morgan fingerprint density at radius 2 is 1.69 bits per heavy atom. The minimum Gasteiger partial charge on any atom is -0.391 e. The van der Waals surface area contributed by atoms with Crippen LogP contribution in [0.25, 0.3) is 0 Å². The maximum absolute atomic E-state index is 12.7. The van der Waals surface area contributed by atoms with Crippen LogP contribution in [-0.2, 0) is 17.6 Å². The quantitative estimate of drug-likeness (QED) is 0.197. The first kappa shape index (κ1) is 24.2. The van der Waals surface area contributed by atoms with Gasteiger partial charge >= 0.3 is 6.18 Å². The van der Waals surface area contributed by atoms with Gasteiger partial charge in [0.1, 0.15) is 6.61 Å². The molecule has 3 rings (SSSR count). The molecule has 0 fully saturated rings. The van der Waals surface area contributed by atoms with Crippen LogP contribution in [0.1, 0.15) is 34.0 Å². The Morgan fingerprint density at radius 1 is 0.969 bits per heavy atom. The van der Waals surface area contributed by atoms with Crippen LogP contribution in [-0.4, -0.2) is 10.8 Å². The highest BCUT2D eigenvalue weighted by Gasteiger charge is 2.30. The smallest absolute Gasteiger partial charge is 0.391 e. The third kappa shape index (κ3) is 6.51. The molecule has 0 amide bonds. The lowest BCUT2D eigenvalue weighted by Gasteiger charge is -2.08. The standard InChI is InChI=1S/C23H16Cl2F3NO2S/c1-14(16-5-10-20(24)21(25)12-16)29-31-13-15-3-2-4-17(11-15)22(30)32-19-8-6-18(7-9-19)23(26,27)28/h2-12H,13H2,1H3. The Labute approximate surface area is 197 Å². The Balaban J connectivity index is 1.62. The number of carbonyl (C=O) groups is 1. The van der Waals surface area contributed by atoms with Crippen LogP contribution in [0.4, 0.5) is 13.2 Å². The van der Waals surface area contributed by atoms with E-state index in [1.165, 1.54) is 12.1 Å². The summed E-state index contributed by atoms with van der Waals surface area (Å²) in [7, 11) is 0. The van der Waals surface area contributed by atoms with Crippen molar-refractivity contribution < 1.29 is 22.8 Å². The number of benzene rings is 3. The van der Waals surface area contributed by atoms with Gasteiger partial charge in [0.25, 0.3) is 0 Å². The summed E-state index contributed by atoms with van der Waals surface area (Å²) in [5.74, 6) is 0. The van der Waals surface area contributed by atoms with Crippen LogP contribution in [0.15, 0.2) is 76.8 Å². The van der Waals surface area contributed by atoms with Crippen molar-refractivity contribution in [2.24, 2.45) is 5.16 Å². The zero-order valence-corrected chi connectivity index (χ0v) is 18.9. The summed E-state index contributed by atoms with van der Waals surface area (Å²) in [6.07, 6.45) is -4.41. The summed E-state index contributed by atoms with van der Waals surface area (Å²) >= 11 is 12.8. The van der Waals surface area contributed by atoms with Gasteiger partial charge in [-0.25, -0.2) is 0 Å². The second-order valence-electron chi connectivity index (χ2n) is 6.69. The normalized spacial score (nSPS) is 12.0. The van der Waals surface area contributed by atoms with Gasteiger partial charge < -0.3 is 4.84 Å². The molecule has 0 aliphatic carbocycles. The van der Waals surface area contributed by atoms with Gasteiger partial charge in [0, 0.05) is 16.0 Å². The van der Waals surface area contributed by atoms with E-state index >= 15 is 0 Å². The fourth-order valence-electron chi connectivity index (χ4n) is 2.64. The van der Waals surface area contributed by atoms with Crippen molar-refractivity contribution in [2.45, 2.75) is 24.6 Å². The third-order valence-corrected chi connectivity index (χ3v) is 5.99. The van der Waals surface area contributed by atoms with Gasteiger partial charge in [-0.3, -0.25) is 4.79 Å². The van der Waals surface area contributed by atoms with Gasteiger partial charge in [-0.05, 0) is 66.7 Å². The molecule has 0 radical (unpaired) electrons. The number of hydrogen-bond acceptors (Lipinski definition) is 4. The molecule has 0 N–H and O–H groups in total. The minimum atomic E-state index is -4.41. The van der Waals surface area contributed by atoms with Crippen molar-refractivity contribution >= 4 is 45.8 Å². The van der Waals surface area contributed by atoms with Gasteiger partial charge in [0.2, 0.25) is 5.12 Å². The Morgan fingerprint density at radius 3 is 2.34 bits per heavy atom. The van der Waals surface area contributed by atoms with Crippen molar-refractivity contribution in [1.82, 2.24) is 0 Å². The highest BCUT2D eigenvalue weighted by molar-refractivity contribution is 8.14. The monoisotopic (exact) mass is 497 g/mol. The van der Waals surface area contributed by atoms with E-state index in [9.17, 15) is 18.0 Å². The lowest BCUT2D eigenvalue weighted by atomic mass is 10.1. The van der Waals surface area contributed by atoms with E-state index in [1.807, 2.05) is 0 Å². The van der Waals surface area contributed by atoms with Crippen molar-refractivity contribution in [3.05, 3.63) is 99.0 Å². The van der Waals surface area contributed by atoms with Gasteiger partial charge in [0.05, 0.1) is 21.3 Å². The lowest BCUT2D eigenvalue weighted by molar-refractivity contribution is -0.137. The molecule has 0 heterocycles. The lowest BCUT2D eigenvalue weighted by Crippen LogP contribution is -2.04. The summed E-state index contributed by atoms with van der Waals surface area (Å²) in [5.41, 5.74) is 1.73. The summed E-state index contributed by atoms with van der Waals surface area (Å²) in [6, 6.07) is 16.4. The first-order chi connectivity index (χ1) is 15.1. The molecule has 0 saturated heterocycles. The molecule has 0 saturated carbocycles. The van der Waals surface area contributed by atoms with Crippen LogP contribution < -0.4 is 0 Å². The Hall–Kier alpha value is -2.48. The van der Waals surface area contributed by atoms with E-state index in [1.54, 1.807) is 49.4 Å². The van der Waals surface area contributed by atoms with Gasteiger partial charge in [-0.2, -0.15) is 13.2 Å². The van der Waals surface area contributed by atoms with Gasteiger partial charge in [0.15, 0.2) is 0 Å². The number of halogens is 5. The minimum absolute atomic E-state index is 0.130. The second-order valence-corrected chi connectivity index (χ2v) is 8.55. The largest absolute Gasteiger partial charge is 0.416 e. The fraction of sp³-hybridized carbons (Fsp3) is 0.130. The molecule has 0 aliphatic rings. The molecule has 32 heavy (non-hydrogen) atoms. The molecule has 0 aliphatic heterocycles. The number of nitrogens with zero attached hydrogens (tertiary/aromatic N) is 1. The van der Waals surface area contributed by atoms with E-state index in [2.05, 4.69) is 5.16 Å². The van der Waals surface area contributed by atoms with E-state index in [-0.39, 0.29) is 11.7 Å². The average Bonchev–Trinajstić information content (AvgIpc) is 2.75. The maximum Gasteiger partial charge on any atom is 0.416 e. The van der Waals surface area contributed by atoms with Crippen LogP contribution in [0.2, 0.25) is 10.0 Å². The number of rotatable bonds is 6.